The first-order valence-corrected chi connectivity index (χ1v) is 3.23. The summed E-state index contributed by atoms with van der Waals surface area (Å²) in [7, 11) is 0. The van der Waals surface area contributed by atoms with E-state index in [0.29, 0.717) is 0 Å². The lowest BCUT2D eigenvalue weighted by atomic mass is 10.2. The maximum absolute atomic E-state index is 11.6. The van der Waals surface area contributed by atoms with Crippen LogP contribution in [-0.2, 0) is 9.59 Å². The van der Waals surface area contributed by atoms with Crippen molar-refractivity contribution in [2.45, 2.75) is 18.9 Å². The fourth-order valence-electron chi connectivity index (χ4n) is 0.553. The molecule has 1 atom stereocenters. The molecule has 0 rings (SSSR count). The molecule has 0 aliphatic heterocycles. The Hall–Kier alpha value is -1.64. The Bertz CT molecular complexity index is 247. The van der Waals surface area contributed by atoms with E-state index in [1.807, 2.05) is 5.92 Å². The number of halogens is 2. The quantitative estimate of drug-likeness (QED) is 0.607. The molecule has 13 heavy (non-hydrogen) atoms. The molecule has 2 N–H and O–H groups in total. The molecule has 0 aromatic rings. The number of carbonyl (C=O) groups is 2. The zero-order valence-corrected chi connectivity index (χ0v) is 6.46. The Morgan fingerprint density at radius 2 is 2.08 bits per heavy atom. The molecule has 0 bridgehead atoms. The number of hydrogen-bond acceptors (Lipinski definition) is 2. The number of carbonyl (C=O) groups excluding carboxylic acids is 1. The van der Waals surface area contributed by atoms with E-state index in [2.05, 4.69) is 0 Å². The Labute approximate surface area is 72.9 Å². The molecular weight excluding hydrogens is 184 g/mol. The minimum Gasteiger partial charge on any atom is -0.480 e. The SMILES string of the molecule is C#CCC(NC(=O)C(F)F)C(=O)O. The molecule has 4 nitrogen and oxygen atoms in total. The van der Waals surface area contributed by atoms with E-state index in [-0.39, 0.29) is 6.42 Å². The van der Waals surface area contributed by atoms with Crippen LogP contribution >= 0.6 is 0 Å². The zero-order valence-electron chi connectivity index (χ0n) is 6.46. The van der Waals surface area contributed by atoms with Crippen molar-refractivity contribution in [3.05, 3.63) is 0 Å². The normalized spacial score (nSPS) is 11.8. The summed E-state index contributed by atoms with van der Waals surface area (Å²) in [4.78, 5) is 20.6. The molecule has 0 heterocycles. The Kier molecular flexibility index (Phi) is 4.44. The molecule has 0 saturated carbocycles. The number of amides is 1. The molecule has 0 aliphatic rings. The van der Waals surface area contributed by atoms with Crippen molar-refractivity contribution in [1.82, 2.24) is 5.32 Å². The first kappa shape index (κ1) is 11.4. The zero-order chi connectivity index (χ0) is 10.4. The van der Waals surface area contributed by atoms with Gasteiger partial charge in [-0.3, -0.25) is 4.79 Å². The predicted molar refractivity (Wildman–Crippen MR) is 39.0 cm³/mol. The third kappa shape index (κ3) is 4.06. The maximum atomic E-state index is 11.6. The average Bonchev–Trinajstić information content (AvgIpc) is 2.03. The fraction of sp³-hybridized carbons (Fsp3) is 0.429. The monoisotopic (exact) mass is 191 g/mol. The van der Waals surface area contributed by atoms with Gasteiger partial charge in [0.05, 0.1) is 0 Å². The number of carboxylic acids is 1. The molecule has 1 amide bonds. The molecular formula is C7H7F2NO3. The topological polar surface area (TPSA) is 66.4 Å². The summed E-state index contributed by atoms with van der Waals surface area (Å²) >= 11 is 0. The summed E-state index contributed by atoms with van der Waals surface area (Å²) in [6.45, 7) is 0. The highest BCUT2D eigenvalue weighted by Crippen LogP contribution is 1.96. The third-order valence-electron chi connectivity index (χ3n) is 1.13. The van der Waals surface area contributed by atoms with Gasteiger partial charge in [0, 0.05) is 6.42 Å². The lowest BCUT2D eigenvalue weighted by Crippen LogP contribution is -2.43. The van der Waals surface area contributed by atoms with Crippen LogP contribution in [0, 0.1) is 12.3 Å². The first-order valence-electron chi connectivity index (χ1n) is 3.23. The minimum atomic E-state index is -3.24. The van der Waals surface area contributed by atoms with Crippen LogP contribution in [0.2, 0.25) is 0 Å². The van der Waals surface area contributed by atoms with Crippen molar-refractivity contribution < 1.29 is 23.5 Å². The Balaban J connectivity index is 4.20. The van der Waals surface area contributed by atoms with Crippen LogP contribution in [0.25, 0.3) is 0 Å². The summed E-state index contributed by atoms with van der Waals surface area (Å²) in [5.41, 5.74) is 0. The maximum Gasteiger partial charge on any atom is 0.327 e. The fourth-order valence-corrected chi connectivity index (χ4v) is 0.553. The van der Waals surface area contributed by atoms with Crippen LogP contribution in [0.5, 0.6) is 0 Å². The average molecular weight is 191 g/mol. The van der Waals surface area contributed by atoms with Crippen LogP contribution in [0.4, 0.5) is 8.78 Å². The van der Waals surface area contributed by atoms with Crippen LogP contribution < -0.4 is 5.32 Å². The number of hydrogen-bond donors (Lipinski definition) is 2. The van der Waals surface area contributed by atoms with Gasteiger partial charge in [-0.2, -0.15) is 8.78 Å². The summed E-state index contributed by atoms with van der Waals surface area (Å²) in [6, 6.07) is -1.45. The molecule has 0 spiro atoms. The van der Waals surface area contributed by atoms with Crippen molar-refractivity contribution in [3.8, 4) is 12.3 Å². The van der Waals surface area contributed by atoms with Crippen LogP contribution in [0.15, 0.2) is 0 Å². The molecule has 0 aliphatic carbocycles. The molecule has 0 aromatic carbocycles. The van der Waals surface area contributed by atoms with E-state index in [4.69, 9.17) is 11.5 Å². The van der Waals surface area contributed by atoms with Gasteiger partial charge < -0.3 is 10.4 Å². The summed E-state index contributed by atoms with van der Waals surface area (Å²) in [6.07, 6.45) is 1.20. The molecule has 0 radical (unpaired) electrons. The van der Waals surface area contributed by atoms with E-state index in [0.717, 1.165) is 0 Å². The van der Waals surface area contributed by atoms with E-state index in [1.54, 1.807) is 5.32 Å². The molecule has 72 valence electrons. The minimum absolute atomic E-state index is 0.326. The predicted octanol–water partition coefficient (Wildman–Crippen LogP) is -0.156. The second-order valence-electron chi connectivity index (χ2n) is 2.11. The number of terminal acetylenes is 1. The van der Waals surface area contributed by atoms with E-state index >= 15 is 0 Å². The van der Waals surface area contributed by atoms with E-state index in [1.165, 1.54) is 0 Å². The van der Waals surface area contributed by atoms with Gasteiger partial charge >= 0.3 is 12.4 Å². The van der Waals surface area contributed by atoms with Crippen LogP contribution in [-0.4, -0.2) is 29.5 Å². The smallest absolute Gasteiger partial charge is 0.327 e. The molecule has 1 unspecified atom stereocenters. The number of nitrogens with one attached hydrogen (secondary N) is 1. The molecule has 0 aromatic heterocycles. The second-order valence-corrected chi connectivity index (χ2v) is 2.11. The van der Waals surface area contributed by atoms with Crippen molar-refractivity contribution >= 4 is 11.9 Å². The molecule has 0 fully saturated rings. The highest BCUT2D eigenvalue weighted by atomic mass is 19.3. The number of alkyl halides is 2. The van der Waals surface area contributed by atoms with Gasteiger partial charge in [-0.05, 0) is 0 Å². The van der Waals surface area contributed by atoms with Gasteiger partial charge in [0.1, 0.15) is 6.04 Å². The standard InChI is InChI=1S/C7H7F2NO3/c1-2-3-4(7(12)13)10-6(11)5(8)9/h1,4-5H,3H2,(H,10,11)(H,12,13). The van der Waals surface area contributed by atoms with Gasteiger partial charge in [-0.1, -0.05) is 0 Å². The molecule has 0 saturated heterocycles. The third-order valence-corrected chi connectivity index (χ3v) is 1.13. The van der Waals surface area contributed by atoms with E-state index < -0.39 is 24.3 Å². The lowest BCUT2D eigenvalue weighted by Gasteiger charge is -2.10. The van der Waals surface area contributed by atoms with Crippen LogP contribution in [0.3, 0.4) is 0 Å². The van der Waals surface area contributed by atoms with E-state index in [9.17, 15) is 18.4 Å². The van der Waals surface area contributed by atoms with Gasteiger partial charge in [0.15, 0.2) is 0 Å². The Morgan fingerprint density at radius 1 is 1.54 bits per heavy atom. The Morgan fingerprint density at radius 3 is 2.38 bits per heavy atom. The highest BCUT2D eigenvalue weighted by molar-refractivity contribution is 5.85. The number of carboxylic acid groups (broad SMARTS) is 1. The number of rotatable bonds is 4. The summed E-state index contributed by atoms with van der Waals surface area (Å²) < 4.78 is 23.3. The van der Waals surface area contributed by atoms with Gasteiger partial charge in [-0.15, -0.1) is 12.3 Å². The lowest BCUT2D eigenvalue weighted by molar-refractivity contribution is -0.143. The number of aliphatic carboxylic acids is 1. The molecule has 6 heteroatoms. The summed E-state index contributed by atoms with van der Waals surface area (Å²) in [5, 5.41) is 9.97. The summed E-state index contributed by atoms with van der Waals surface area (Å²) in [5.74, 6) is -1.12. The first-order chi connectivity index (χ1) is 5.99. The van der Waals surface area contributed by atoms with Crippen LogP contribution in [0.1, 0.15) is 6.42 Å². The van der Waals surface area contributed by atoms with Crippen molar-refractivity contribution in [1.29, 1.82) is 0 Å². The van der Waals surface area contributed by atoms with Gasteiger partial charge in [-0.25, -0.2) is 4.79 Å². The van der Waals surface area contributed by atoms with Crippen molar-refractivity contribution in [2.24, 2.45) is 0 Å². The van der Waals surface area contributed by atoms with Gasteiger partial charge in [0.25, 0.3) is 5.91 Å². The largest absolute Gasteiger partial charge is 0.480 e. The van der Waals surface area contributed by atoms with Crippen molar-refractivity contribution in [2.75, 3.05) is 0 Å². The highest BCUT2D eigenvalue weighted by Gasteiger charge is 2.23. The second kappa shape index (κ2) is 5.09. The van der Waals surface area contributed by atoms with Crippen molar-refractivity contribution in [3.63, 3.8) is 0 Å². The van der Waals surface area contributed by atoms with Gasteiger partial charge in [0.2, 0.25) is 0 Å².